The molecule has 0 radical (unpaired) electrons. The summed E-state index contributed by atoms with van der Waals surface area (Å²) in [4.78, 5) is 18.8. The van der Waals surface area contributed by atoms with E-state index in [4.69, 9.17) is 0 Å². The Labute approximate surface area is 182 Å². The lowest BCUT2D eigenvalue weighted by molar-refractivity contribution is -0.121. The predicted molar refractivity (Wildman–Crippen MR) is 120 cm³/mol. The molecule has 0 aliphatic carbocycles. The van der Waals surface area contributed by atoms with Gasteiger partial charge in [-0.2, -0.15) is 8.42 Å². The number of amides is 1. The van der Waals surface area contributed by atoms with Gasteiger partial charge in [0.15, 0.2) is 5.17 Å². The number of amidine groups is 1. The Morgan fingerprint density at radius 2 is 1.84 bits per heavy atom. The van der Waals surface area contributed by atoms with E-state index in [2.05, 4.69) is 16.0 Å². The molecule has 1 fully saturated rings. The van der Waals surface area contributed by atoms with E-state index in [1.165, 1.54) is 11.0 Å². The number of hydrogen-bond acceptors (Lipinski definition) is 5. The van der Waals surface area contributed by atoms with Crippen LogP contribution in [0, 0.1) is 5.82 Å². The zero-order valence-corrected chi connectivity index (χ0v) is 17.7. The maximum atomic E-state index is 13.1. The number of nitrogens with zero attached hydrogens (tertiary/aromatic N) is 3. The molecule has 1 saturated heterocycles. The summed E-state index contributed by atoms with van der Waals surface area (Å²) >= 11 is 0.938. The number of hydrogen-bond donors (Lipinski definition) is 0. The van der Waals surface area contributed by atoms with Crippen LogP contribution in [0.2, 0.25) is 0 Å². The van der Waals surface area contributed by atoms with Crippen LogP contribution in [-0.4, -0.2) is 35.9 Å². The van der Waals surface area contributed by atoms with Crippen LogP contribution in [0.3, 0.4) is 0 Å². The highest BCUT2D eigenvalue weighted by atomic mass is 32.2. The maximum Gasteiger partial charge on any atom is 0.284 e. The first-order chi connectivity index (χ1) is 14.9. The van der Waals surface area contributed by atoms with Crippen molar-refractivity contribution < 1.29 is 17.6 Å². The van der Waals surface area contributed by atoms with E-state index >= 15 is 0 Å². The molecule has 1 aromatic heterocycles. The quantitative estimate of drug-likeness (QED) is 0.427. The van der Waals surface area contributed by atoms with Crippen LogP contribution in [0.1, 0.15) is 5.69 Å². The number of aromatic nitrogens is 1. The molecule has 1 aliphatic heterocycles. The molecule has 0 bridgehead atoms. The minimum absolute atomic E-state index is 0.00117. The monoisotopic (exact) mass is 453 g/mol. The van der Waals surface area contributed by atoms with Gasteiger partial charge in [0.05, 0.1) is 21.0 Å². The summed E-state index contributed by atoms with van der Waals surface area (Å²) in [6, 6.07) is 15.6. The van der Waals surface area contributed by atoms with Crippen molar-refractivity contribution in [2.45, 2.75) is 4.90 Å². The van der Waals surface area contributed by atoms with Gasteiger partial charge in [0.25, 0.3) is 15.9 Å². The van der Waals surface area contributed by atoms with Crippen LogP contribution in [0.15, 0.2) is 87.5 Å². The van der Waals surface area contributed by atoms with Crippen LogP contribution < -0.4 is 0 Å². The molecule has 0 spiro atoms. The summed E-state index contributed by atoms with van der Waals surface area (Å²) in [5.74, 6) is -0.952. The van der Waals surface area contributed by atoms with Gasteiger partial charge in [0.2, 0.25) is 0 Å². The van der Waals surface area contributed by atoms with Crippen molar-refractivity contribution in [3.05, 3.63) is 89.7 Å². The number of carbonyl (C=O) groups is 1. The smallest absolute Gasteiger partial charge is 0.282 e. The molecule has 9 heteroatoms. The predicted octanol–water partition coefficient (Wildman–Crippen LogP) is 4.22. The van der Waals surface area contributed by atoms with E-state index in [1.807, 2.05) is 30.3 Å². The molecule has 0 unspecified atom stereocenters. The second-order valence-electron chi connectivity index (χ2n) is 6.55. The summed E-state index contributed by atoms with van der Waals surface area (Å²) in [6.45, 7) is 3.71. The van der Waals surface area contributed by atoms with Crippen molar-refractivity contribution in [3.63, 3.8) is 0 Å². The summed E-state index contributed by atoms with van der Waals surface area (Å²) in [7, 11) is -4.13. The largest absolute Gasteiger partial charge is 0.284 e. The van der Waals surface area contributed by atoms with Gasteiger partial charge in [-0.15, -0.1) is 11.0 Å². The molecule has 156 valence electrons. The fourth-order valence-electron chi connectivity index (χ4n) is 2.92. The number of benzene rings is 2. The number of carbonyl (C=O) groups excluding carboxylic acids is 1. The van der Waals surface area contributed by atoms with E-state index in [9.17, 15) is 17.6 Å². The zero-order valence-electron chi connectivity index (χ0n) is 16.1. The Morgan fingerprint density at radius 1 is 1.10 bits per heavy atom. The summed E-state index contributed by atoms with van der Waals surface area (Å²) in [5, 5.41) is 0.970. The van der Waals surface area contributed by atoms with E-state index in [-0.39, 0.29) is 21.5 Å². The lowest BCUT2D eigenvalue weighted by Crippen LogP contribution is -2.29. The van der Waals surface area contributed by atoms with Gasteiger partial charge in [-0.3, -0.25) is 9.69 Å². The molecule has 0 N–H and O–H groups in total. The highest BCUT2D eigenvalue weighted by Crippen LogP contribution is 2.33. The normalized spacial score (nSPS) is 17.1. The second-order valence-corrected chi connectivity index (χ2v) is 9.16. The van der Waals surface area contributed by atoms with Crippen molar-refractivity contribution in [2.24, 2.45) is 4.40 Å². The minimum atomic E-state index is -4.13. The average molecular weight is 454 g/mol. The Morgan fingerprint density at radius 3 is 2.58 bits per heavy atom. The molecular weight excluding hydrogens is 437 g/mol. The fraction of sp³-hybridized carbons (Fsp3) is 0.0455. The van der Waals surface area contributed by atoms with Crippen LogP contribution in [-0.2, 0) is 14.8 Å². The third-order valence-corrected chi connectivity index (χ3v) is 6.81. The molecule has 6 nitrogen and oxygen atoms in total. The maximum absolute atomic E-state index is 13.1. The number of para-hydroxylation sites is 1. The third-order valence-electron chi connectivity index (χ3n) is 4.41. The first-order valence-electron chi connectivity index (χ1n) is 9.16. The van der Waals surface area contributed by atoms with E-state index in [0.29, 0.717) is 5.69 Å². The number of pyridine rings is 1. The van der Waals surface area contributed by atoms with Crippen molar-refractivity contribution in [3.8, 4) is 0 Å². The summed E-state index contributed by atoms with van der Waals surface area (Å²) in [6.07, 6.45) is 3.08. The second kappa shape index (κ2) is 8.44. The minimum Gasteiger partial charge on any atom is -0.282 e. The van der Waals surface area contributed by atoms with Crippen LogP contribution in [0.25, 0.3) is 17.0 Å². The highest BCUT2D eigenvalue weighted by molar-refractivity contribution is 8.19. The van der Waals surface area contributed by atoms with E-state index < -0.39 is 21.7 Å². The molecule has 0 atom stereocenters. The molecular formula is C22H16FN3O3S2. The van der Waals surface area contributed by atoms with Crippen molar-refractivity contribution >= 4 is 49.8 Å². The number of fused-ring (bicyclic) bond motifs is 1. The summed E-state index contributed by atoms with van der Waals surface area (Å²) in [5.41, 5.74) is 1.35. The molecule has 31 heavy (non-hydrogen) atoms. The molecule has 2 aromatic carbocycles. The van der Waals surface area contributed by atoms with Crippen molar-refractivity contribution in [1.82, 2.24) is 9.88 Å². The summed E-state index contributed by atoms with van der Waals surface area (Å²) < 4.78 is 42.3. The third kappa shape index (κ3) is 4.42. The van der Waals surface area contributed by atoms with Gasteiger partial charge < -0.3 is 0 Å². The van der Waals surface area contributed by atoms with Crippen molar-refractivity contribution in [1.29, 1.82) is 0 Å². The molecule has 3 aromatic rings. The average Bonchev–Trinajstić information content (AvgIpc) is 3.02. The lowest BCUT2D eigenvalue weighted by atomic mass is 10.2. The molecule has 1 amide bonds. The van der Waals surface area contributed by atoms with Gasteiger partial charge in [0.1, 0.15) is 5.82 Å². The molecule has 2 heterocycles. The van der Waals surface area contributed by atoms with Crippen LogP contribution in [0.5, 0.6) is 0 Å². The van der Waals surface area contributed by atoms with Crippen LogP contribution in [0.4, 0.5) is 4.39 Å². The Balaban J connectivity index is 1.71. The number of thioether (sulfide) groups is 1. The fourth-order valence-corrected chi connectivity index (χ4v) is 5.10. The first kappa shape index (κ1) is 21.0. The van der Waals surface area contributed by atoms with Gasteiger partial charge in [0, 0.05) is 11.9 Å². The lowest BCUT2D eigenvalue weighted by Gasteiger charge is -2.12. The molecule has 4 rings (SSSR count). The Hall–Kier alpha value is -3.30. The zero-order chi connectivity index (χ0) is 22.0. The molecule has 0 saturated carbocycles. The van der Waals surface area contributed by atoms with Crippen LogP contribution >= 0.6 is 11.8 Å². The topological polar surface area (TPSA) is 79.7 Å². The van der Waals surface area contributed by atoms with Crippen molar-refractivity contribution in [2.75, 3.05) is 6.54 Å². The Bertz CT molecular complexity index is 1350. The standard InChI is InChI=1S/C22H16FN3O3S2/c1-2-13-26-21(27)20(14-17-10-7-15-5-3-4-6-19(15)24-17)30-22(26)25-31(28,29)18-11-8-16(23)9-12-18/h2-12,14H,1,13H2/b20-14-,25-22?. The van der Waals surface area contributed by atoms with Gasteiger partial charge in [-0.1, -0.05) is 30.3 Å². The van der Waals surface area contributed by atoms with E-state index in [1.54, 1.807) is 12.1 Å². The SMILES string of the molecule is C=CCN1C(=O)/C(=C/c2ccc3ccccc3n2)SC1=NS(=O)(=O)c1ccc(F)cc1. The van der Waals surface area contributed by atoms with E-state index in [0.717, 1.165) is 46.9 Å². The number of halogens is 1. The highest BCUT2D eigenvalue weighted by Gasteiger charge is 2.34. The number of sulfonamides is 1. The first-order valence-corrected chi connectivity index (χ1v) is 11.4. The Kier molecular flexibility index (Phi) is 5.71. The van der Waals surface area contributed by atoms with Gasteiger partial charge in [-0.25, -0.2) is 9.37 Å². The van der Waals surface area contributed by atoms with Gasteiger partial charge in [-0.05, 0) is 54.2 Å². The molecule has 1 aliphatic rings. The van der Waals surface area contributed by atoms with Gasteiger partial charge >= 0.3 is 0 Å². The number of rotatable bonds is 5.